The molecule has 174 valence electrons. The van der Waals surface area contributed by atoms with Crippen LogP contribution in [0.25, 0.3) is 22.5 Å². The van der Waals surface area contributed by atoms with Crippen molar-refractivity contribution in [1.82, 2.24) is 9.55 Å². The van der Waals surface area contributed by atoms with E-state index in [2.05, 4.69) is 33.9 Å². The number of methoxy groups -OCH3 is 1. The van der Waals surface area contributed by atoms with E-state index in [9.17, 15) is 0 Å². The van der Waals surface area contributed by atoms with Crippen molar-refractivity contribution < 1.29 is 9.47 Å². The largest absolute Gasteiger partial charge is 0.497 e. The van der Waals surface area contributed by atoms with Crippen molar-refractivity contribution in [3.63, 3.8) is 0 Å². The fourth-order valence-electron chi connectivity index (χ4n) is 4.78. The van der Waals surface area contributed by atoms with Crippen LogP contribution in [0.4, 0.5) is 0 Å². The Morgan fingerprint density at radius 1 is 0.882 bits per heavy atom. The highest BCUT2D eigenvalue weighted by Gasteiger charge is 2.18. The van der Waals surface area contributed by atoms with Crippen LogP contribution in [0.3, 0.4) is 0 Å². The Bertz CT molecular complexity index is 1230. The standard InChI is InChI=1S/C29H29ClN2O2/c1-33-27-15-16-28(21-7-11-24(30)12-8-21)23(19-27)20-34-26-13-9-22(10-14-26)29-31-17-18-32(29)25-5-3-2-4-6-25/h7-19,25H,2-6,20H2,1H3. The number of benzene rings is 3. The van der Waals surface area contributed by atoms with Gasteiger partial charge in [0.1, 0.15) is 23.9 Å². The molecule has 0 unspecified atom stereocenters. The van der Waals surface area contributed by atoms with Crippen LogP contribution < -0.4 is 9.47 Å². The monoisotopic (exact) mass is 472 g/mol. The highest BCUT2D eigenvalue weighted by molar-refractivity contribution is 6.30. The summed E-state index contributed by atoms with van der Waals surface area (Å²) >= 11 is 6.08. The molecule has 0 saturated heterocycles. The molecule has 1 saturated carbocycles. The van der Waals surface area contributed by atoms with E-state index in [1.165, 1.54) is 32.1 Å². The third-order valence-corrected chi connectivity index (χ3v) is 6.86. The van der Waals surface area contributed by atoms with E-state index < -0.39 is 0 Å². The minimum Gasteiger partial charge on any atom is -0.497 e. The average molecular weight is 473 g/mol. The van der Waals surface area contributed by atoms with Gasteiger partial charge in [0.25, 0.3) is 0 Å². The predicted molar refractivity (Wildman–Crippen MR) is 138 cm³/mol. The van der Waals surface area contributed by atoms with Crippen molar-refractivity contribution in [2.45, 2.75) is 44.8 Å². The molecule has 4 nitrogen and oxygen atoms in total. The number of nitrogens with zero attached hydrogens (tertiary/aromatic N) is 2. The summed E-state index contributed by atoms with van der Waals surface area (Å²) in [6.07, 6.45) is 10.5. The molecule has 5 heteroatoms. The summed E-state index contributed by atoms with van der Waals surface area (Å²) in [5, 5.41) is 0.722. The highest BCUT2D eigenvalue weighted by Crippen LogP contribution is 2.33. The van der Waals surface area contributed by atoms with Crippen LogP contribution >= 0.6 is 11.6 Å². The van der Waals surface area contributed by atoms with Gasteiger partial charge in [0.15, 0.2) is 0 Å². The van der Waals surface area contributed by atoms with Crippen LogP contribution in [0, 0.1) is 0 Å². The summed E-state index contributed by atoms with van der Waals surface area (Å²) in [7, 11) is 1.68. The quantitative estimate of drug-likeness (QED) is 0.273. The fraction of sp³-hybridized carbons (Fsp3) is 0.276. The lowest BCUT2D eigenvalue weighted by Gasteiger charge is -2.24. The van der Waals surface area contributed by atoms with Gasteiger partial charge in [-0.3, -0.25) is 0 Å². The Morgan fingerprint density at radius 3 is 2.32 bits per heavy atom. The molecule has 34 heavy (non-hydrogen) atoms. The molecule has 0 bridgehead atoms. The molecule has 0 spiro atoms. The number of halogens is 1. The van der Waals surface area contributed by atoms with E-state index >= 15 is 0 Å². The molecule has 0 radical (unpaired) electrons. The lowest BCUT2D eigenvalue weighted by molar-refractivity contribution is 0.305. The molecule has 1 aliphatic rings. The Hall–Kier alpha value is -3.24. The van der Waals surface area contributed by atoms with Crippen molar-refractivity contribution in [1.29, 1.82) is 0 Å². The van der Waals surface area contributed by atoms with Crippen molar-refractivity contribution in [2.75, 3.05) is 7.11 Å². The van der Waals surface area contributed by atoms with E-state index in [-0.39, 0.29) is 0 Å². The smallest absolute Gasteiger partial charge is 0.140 e. The zero-order chi connectivity index (χ0) is 23.3. The minimum atomic E-state index is 0.436. The Labute approximate surface area is 206 Å². The van der Waals surface area contributed by atoms with Gasteiger partial charge in [0.05, 0.1) is 7.11 Å². The lowest BCUT2D eigenvalue weighted by Crippen LogP contribution is -2.13. The molecule has 1 aliphatic carbocycles. The molecule has 4 aromatic rings. The molecule has 0 atom stereocenters. The van der Waals surface area contributed by atoms with E-state index in [0.29, 0.717) is 12.6 Å². The van der Waals surface area contributed by atoms with Crippen LogP contribution in [0.5, 0.6) is 11.5 Å². The van der Waals surface area contributed by atoms with Crippen LogP contribution in [0.2, 0.25) is 5.02 Å². The molecule has 1 fully saturated rings. The first-order valence-electron chi connectivity index (χ1n) is 11.9. The molecule has 0 amide bonds. The number of imidazole rings is 1. The van der Waals surface area contributed by atoms with Gasteiger partial charge in [-0.2, -0.15) is 0 Å². The van der Waals surface area contributed by atoms with E-state index in [4.69, 9.17) is 21.1 Å². The first kappa shape index (κ1) is 22.5. The Balaban J connectivity index is 1.33. The lowest BCUT2D eigenvalue weighted by atomic mass is 9.95. The molecule has 3 aromatic carbocycles. The van der Waals surface area contributed by atoms with Crippen molar-refractivity contribution in [2.24, 2.45) is 0 Å². The molecule has 0 aliphatic heterocycles. The van der Waals surface area contributed by atoms with Gasteiger partial charge in [-0.25, -0.2) is 4.98 Å². The predicted octanol–water partition coefficient (Wildman–Crippen LogP) is 7.96. The number of hydrogen-bond acceptors (Lipinski definition) is 3. The molecular formula is C29H29ClN2O2. The topological polar surface area (TPSA) is 36.3 Å². The third-order valence-electron chi connectivity index (χ3n) is 6.61. The first-order valence-corrected chi connectivity index (χ1v) is 12.3. The molecule has 5 rings (SSSR count). The van der Waals surface area contributed by atoms with Crippen molar-refractivity contribution in [3.05, 3.63) is 89.7 Å². The number of ether oxygens (including phenoxy) is 2. The van der Waals surface area contributed by atoms with Gasteiger partial charge in [-0.05, 0) is 72.5 Å². The van der Waals surface area contributed by atoms with E-state index in [1.54, 1.807) is 7.11 Å². The summed E-state index contributed by atoms with van der Waals surface area (Å²) in [5.41, 5.74) is 4.36. The van der Waals surface area contributed by atoms with Crippen molar-refractivity contribution in [3.8, 4) is 34.0 Å². The summed E-state index contributed by atoms with van der Waals surface area (Å²) < 4.78 is 14.0. The SMILES string of the molecule is COc1ccc(-c2ccc(Cl)cc2)c(COc2ccc(-c3nccn3C3CCCCC3)cc2)c1. The highest BCUT2D eigenvalue weighted by atomic mass is 35.5. The van der Waals surface area contributed by atoms with Crippen LogP contribution in [0.15, 0.2) is 79.1 Å². The summed E-state index contributed by atoms with van der Waals surface area (Å²) in [4.78, 5) is 4.65. The average Bonchev–Trinajstić information content (AvgIpc) is 3.39. The Morgan fingerprint density at radius 2 is 1.59 bits per heavy atom. The van der Waals surface area contributed by atoms with Crippen molar-refractivity contribution >= 4 is 11.6 Å². The van der Waals surface area contributed by atoms with Crippen LogP contribution in [-0.2, 0) is 6.61 Å². The number of aromatic nitrogens is 2. The second-order valence-electron chi connectivity index (χ2n) is 8.79. The third kappa shape index (κ3) is 4.97. The minimum absolute atomic E-state index is 0.436. The maximum absolute atomic E-state index is 6.19. The second kappa shape index (κ2) is 10.4. The van der Waals surface area contributed by atoms with Crippen LogP contribution in [-0.4, -0.2) is 16.7 Å². The van der Waals surface area contributed by atoms with Gasteiger partial charge >= 0.3 is 0 Å². The zero-order valence-electron chi connectivity index (χ0n) is 19.4. The number of hydrogen-bond donors (Lipinski definition) is 0. The molecule has 0 N–H and O–H groups in total. The fourth-order valence-corrected chi connectivity index (χ4v) is 4.91. The normalized spacial score (nSPS) is 14.2. The van der Waals surface area contributed by atoms with Gasteiger partial charge < -0.3 is 14.0 Å². The first-order chi connectivity index (χ1) is 16.7. The Kier molecular flexibility index (Phi) is 6.87. The van der Waals surface area contributed by atoms with Crippen LogP contribution in [0.1, 0.15) is 43.7 Å². The van der Waals surface area contributed by atoms with Gasteiger partial charge in [0.2, 0.25) is 0 Å². The molecule has 1 heterocycles. The van der Waals surface area contributed by atoms with E-state index in [1.807, 2.05) is 54.7 Å². The summed E-state index contributed by atoms with van der Waals surface area (Å²) in [6.45, 7) is 0.436. The maximum Gasteiger partial charge on any atom is 0.140 e. The van der Waals surface area contributed by atoms with E-state index in [0.717, 1.165) is 44.6 Å². The molecular weight excluding hydrogens is 444 g/mol. The van der Waals surface area contributed by atoms with Gasteiger partial charge in [-0.15, -0.1) is 0 Å². The second-order valence-corrected chi connectivity index (χ2v) is 9.23. The zero-order valence-corrected chi connectivity index (χ0v) is 20.2. The number of rotatable bonds is 7. The summed E-state index contributed by atoms with van der Waals surface area (Å²) in [6, 6.07) is 22.7. The van der Waals surface area contributed by atoms with Gasteiger partial charge in [-0.1, -0.05) is 49.1 Å². The summed E-state index contributed by atoms with van der Waals surface area (Å²) in [5.74, 6) is 2.67. The molecule has 1 aromatic heterocycles. The maximum atomic E-state index is 6.19. The van der Waals surface area contributed by atoms with Gasteiger partial charge in [0, 0.05) is 34.6 Å².